The van der Waals surface area contributed by atoms with Crippen LogP contribution in [-0.2, 0) is 11.3 Å². The Labute approximate surface area is 184 Å². The van der Waals surface area contributed by atoms with Crippen molar-refractivity contribution in [3.05, 3.63) is 53.1 Å². The molecule has 2 aromatic rings. The van der Waals surface area contributed by atoms with Gasteiger partial charge in [-0.2, -0.15) is 0 Å². The molecule has 0 saturated carbocycles. The first-order valence-electron chi connectivity index (χ1n) is 10.3. The van der Waals surface area contributed by atoms with E-state index in [1.54, 1.807) is 25.6 Å². The number of carboxylic acid groups (broad SMARTS) is 1. The van der Waals surface area contributed by atoms with Crippen LogP contribution in [0.5, 0.6) is 5.75 Å². The summed E-state index contributed by atoms with van der Waals surface area (Å²) in [5.74, 6) is -0.295. The van der Waals surface area contributed by atoms with Crippen molar-refractivity contribution >= 4 is 23.4 Å². The molecule has 6 heteroatoms. The van der Waals surface area contributed by atoms with Gasteiger partial charge in [0.25, 0.3) is 0 Å². The van der Waals surface area contributed by atoms with Crippen molar-refractivity contribution in [3.63, 3.8) is 0 Å². The lowest BCUT2D eigenvalue weighted by molar-refractivity contribution is -0.152. The van der Waals surface area contributed by atoms with Crippen LogP contribution in [0.3, 0.4) is 0 Å². The van der Waals surface area contributed by atoms with E-state index in [1.165, 1.54) is 16.1 Å². The van der Waals surface area contributed by atoms with E-state index >= 15 is 0 Å². The monoisotopic (exact) mass is 428 g/mol. The largest absolute Gasteiger partial charge is 0.478 e. The summed E-state index contributed by atoms with van der Waals surface area (Å²) >= 11 is 1.77. The standard InChI is InChI=1S/C24H32N2O3S/c1-17-14-19(15-18(2)22(17)29-24(3,4)23(27)28)16-25-10-12-26(13-11-25)20-6-8-21(30-5)9-7-20/h6-9,14-15H,10-13,16H2,1-5H3,(H,27,28). The summed E-state index contributed by atoms with van der Waals surface area (Å²) < 4.78 is 5.83. The van der Waals surface area contributed by atoms with Gasteiger partial charge in [0.1, 0.15) is 5.75 Å². The van der Waals surface area contributed by atoms with Crippen molar-refractivity contribution in [2.24, 2.45) is 0 Å². The Morgan fingerprint density at radius 2 is 1.63 bits per heavy atom. The molecule has 5 nitrogen and oxygen atoms in total. The molecule has 162 valence electrons. The van der Waals surface area contributed by atoms with Crippen molar-refractivity contribution < 1.29 is 14.6 Å². The summed E-state index contributed by atoms with van der Waals surface area (Å²) in [5.41, 5.74) is 3.24. The first-order valence-corrected chi connectivity index (χ1v) is 11.6. The van der Waals surface area contributed by atoms with Gasteiger partial charge >= 0.3 is 5.97 Å². The fourth-order valence-electron chi connectivity index (χ4n) is 3.81. The maximum Gasteiger partial charge on any atom is 0.347 e. The van der Waals surface area contributed by atoms with E-state index in [0.717, 1.165) is 43.9 Å². The zero-order valence-corrected chi connectivity index (χ0v) is 19.4. The quantitative estimate of drug-likeness (QED) is 0.651. The maximum atomic E-state index is 11.4. The van der Waals surface area contributed by atoms with Crippen LogP contribution in [0.1, 0.15) is 30.5 Å². The van der Waals surface area contributed by atoms with Gasteiger partial charge < -0.3 is 14.7 Å². The number of ether oxygens (including phenoxy) is 1. The van der Waals surface area contributed by atoms with Gasteiger partial charge in [0.15, 0.2) is 5.60 Å². The van der Waals surface area contributed by atoms with Gasteiger partial charge in [0.05, 0.1) is 0 Å². The number of aryl methyl sites for hydroxylation is 2. The van der Waals surface area contributed by atoms with Gasteiger partial charge in [-0.3, -0.25) is 4.90 Å². The average Bonchev–Trinajstić information content (AvgIpc) is 2.71. The number of thioether (sulfide) groups is 1. The zero-order chi connectivity index (χ0) is 21.9. The van der Waals surface area contributed by atoms with Crippen molar-refractivity contribution in [2.45, 2.75) is 44.7 Å². The molecular formula is C24H32N2O3S. The molecule has 30 heavy (non-hydrogen) atoms. The van der Waals surface area contributed by atoms with Crippen LogP contribution in [0.4, 0.5) is 5.69 Å². The zero-order valence-electron chi connectivity index (χ0n) is 18.6. The van der Waals surface area contributed by atoms with Gasteiger partial charge in [-0.05, 0) is 74.9 Å². The third kappa shape index (κ3) is 5.29. The first kappa shape index (κ1) is 22.5. The summed E-state index contributed by atoms with van der Waals surface area (Å²) in [4.78, 5) is 17.6. The molecule has 0 aromatic heterocycles. The van der Waals surface area contributed by atoms with Crippen molar-refractivity contribution in [3.8, 4) is 5.75 Å². The average molecular weight is 429 g/mol. The fraction of sp³-hybridized carbons (Fsp3) is 0.458. The Morgan fingerprint density at radius 1 is 1.07 bits per heavy atom. The minimum absolute atomic E-state index is 0.671. The van der Waals surface area contributed by atoms with Crippen molar-refractivity contribution in [1.82, 2.24) is 4.90 Å². The molecule has 1 N–H and O–H groups in total. The molecule has 0 bridgehead atoms. The molecule has 1 saturated heterocycles. The van der Waals surface area contributed by atoms with Gasteiger partial charge in [0, 0.05) is 43.3 Å². The highest BCUT2D eigenvalue weighted by molar-refractivity contribution is 7.98. The lowest BCUT2D eigenvalue weighted by Crippen LogP contribution is -2.46. The molecule has 0 atom stereocenters. The third-order valence-corrected chi connectivity index (χ3v) is 6.35. The van der Waals surface area contributed by atoms with E-state index in [4.69, 9.17) is 4.74 Å². The predicted octanol–water partition coefficient (Wildman–Crippen LogP) is 4.59. The molecule has 1 heterocycles. The van der Waals surface area contributed by atoms with E-state index < -0.39 is 11.6 Å². The smallest absolute Gasteiger partial charge is 0.347 e. The van der Waals surface area contributed by atoms with Crippen LogP contribution < -0.4 is 9.64 Å². The number of hydrogen-bond donors (Lipinski definition) is 1. The summed E-state index contributed by atoms with van der Waals surface area (Å²) in [6.45, 7) is 12.1. The lowest BCUT2D eigenvalue weighted by atomic mass is 10.0. The van der Waals surface area contributed by atoms with Crippen LogP contribution in [-0.4, -0.2) is 54.0 Å². The van der Waals surface area contributed by atoms with Crippen LogP contribution in [0.25, 0.3) is 0 Å². The Morgan fingerprint density at radius 3 is 2.13 bits per heavy atom. The highest BCUT2D eigenvalue weighted by atomic mass is 32.2. The highest BCUT2D eigenvalue weighted by Crippen LogP contribution is 2.29. The van der Waals surface area contributed by atoms with Gasteiger partial charge in [0.2, 0.25) is 0 Å². The van der Waals surface area contributed by atoms with Gasteiger partial charge in [-0.25, -0.2) is 4.79 Å². The van der Waals surface area contributed by atoms with E-state index in [2.05, 4.69) is 52.5 Å². The SMILES string of the molecule is CSc1ccc(N2CCN(Cc3cc(C)c(OC(C)(C)C(=O)O)c(C)c3)CC2)cc1. The van der Waals surface area contributed by atoms with E-state index in [9.17, 15) is 9.90 Å². The summed E-state index contributed by atoms with van der Waals surface area (Å²) in [5, 5.41) is 9.35. The van der Waals surface area contributed by atoms with E-state index in [-0.39, 0.29) is 0 Å². The predicted molar refractivity (Wildman–Crippen MR) is 124 cm³/mol. The Bertz CT molecular complexity index is 865. The van der Waals surface area contributed by atoms with Crippen molar-refractivity contribution in [1.29, 1.82) is 0 Å². The molecule has 0 spiro atoms. The van der Waals surface area contributed by atoms with Crippen LogP contribution in [0.2, 0.25) is 0 Å². The number of benzene rings is 2. The topological polar surface area (TPSA) is 53.0 Å². The summed E-state index contributed by atoms with van der Waals surface area (Å²) in [6, 6.07) is 13.0. The first-order chi connectivity index (χ1) is 14.2. The maximum absolute atomic E-state index is 11.4. The number of rotatable bonds is 7. The van der Waals surface area contributed by atoms with Gasteiger partial charge in [-0.1, -0.05) is 12.1 Å². The second kappa shape index (κ2) is 9.31. The number of nitrogens with zero attached hydrogens (tertiary/aromatic N) is 2. The summed E-state index contributed by atoms with van der Waals surface area (Å²) in [6.07, 6.45) is 2.10. The van der Waals surface area contributed by atoms with Crippen LogP contribution in [0.15, 0.2) is 41.3 Å². The Kier molecular flexibility index (Phi) is 6.98. The highest BCUT2D eigenvalue weighted by Gasteiger charge is 2.30. The molecule has 1 fully saturated rings. The fourth-order valence-corrected chi connectivity index (χ4v) is 4.21. The number of anilines is 1. The molecule has 0 amide bonds. The molecule has 2 aromatic carbocycles. The number of aliphatic carboxylic acids is 1. The number of carboxylic acids is 1. The molecule has 0 unspecified atom stereocenters. The van der Waals surface area contributed by atoms with Gasteiger partial charge in [-0.15, -0.1) is 11.8 Å². The molecule has 0 radical (unpaired) electrons. The second-order valence-corrected chi connectivity index (χ2v) is 9.32. The third-order valence-electron chi connectivity index (χ3n) is 5.61. The second-order valence-electron chi connectivity index (χ2n) is 8.44. The number of carbonyl (C=O) groups is 1. The van der Waals surface area contributed by atoms with Crippen LogP contribution >= 0.6 is 11.8 Å². The lowest BCUT2D eigenvalue weighted by Gasteiger charge is -2.36. The molecule has 1 aliphatic heterocycles. The Balaban J connectivity index is 1.61. The van der Waals surface area contributed by atoms with E-state index in [0.29, 0.717) is 5.75 Å². The molecule has 3 rings (SSSR count). The van der Waals surface area contributed by atoms with Crippen molar-refractivity contribution in [2.75, 3.05) is 37.3 Å². The summed E-state index contributed by atoms with van der Waals surface area (Å²) in [7, 11) is 0. The molecule has 0 aliphatic carbocycles. The van der Waals surface area contributed by atoms with E-state index in [1.807, 2.05) is 13.8 Å². The Hall–Kier alpha value is -2.18. The molecule has 1 aliphatic rings. The number of piperazine rings is 1. The normalized spacial score (nSPS) is 15.3. The van der Waals surface area contributed by atoms with Crippen LogP contribution in [0, 0.1) is 13.8 Å². The minimum atomic E-state index is -1.25. The molecular weight excluding hydrogens is 396 g/mol. The minimum Gasteiger partial charge on any atom is -0.478 e. The number of hydrogen-bond acceptors (Lipinski definition) is 5.